The van der Waals surface area contributed by atoms with Crippen molar-refractivity contribution in [3.05, 3.63) is 24.3 Å². The van der Waals surface area contributed by atoms with Crippen molar-refractivity contribution in [2.45, 2.75) is 29.9 Å². The van der Waals surface area contributed by atoms with Crippen LogP contribution in [0.1, 0.15) is 20.3 Å². The van der Waals surface area contributed by atoms with Crippen molar-refractivity contribution in [3.8, 4) is 0 Å². The highest BCUT2D eigenvalue weighted by molar-refractivity contribution is 8.02. The zero-order valence-electron chi connectivity index (χ0n) is 12.2. The van der Waals surface area contributed by atoms with Crippen molar-refractivity contribution in [1.82, 2.24) is 10.3 Å². The Hall–Kier alpha value is -1.11. The van der Waals surface area contributed by atoms with Crippen LogP contribution in [-0.4, -0.2) is 34.4 Å². The number of thiazole rings is 1. The Labute approximate surface area is 133 Å². The maximum absolute atomic E-state index is 12.1. The van der Waals surface area contributed by atoms with Crippen molar-refractivity contribution in [2.75, 3.05) is 13.2 Å². The molecule has 0 saturated heterocycles. The molecule has 0 saturated carbocycles. The van der Waals surface area contributed by atoms with Gasteiger partial charge in [-0.1, -0.05) is 30.8 Å². The van der Waals surface area contributed by atoms with E-state index in [9.17, 15) is 4.79 Å². The summed E-state index contributed by atoms with van der Waals surface area (Å²) in [6.07, 6.45) is 0.708. The average molecular weight is 324 g/mol. The summed E-state index contributed by atoms with van der Waals surface area (Å²) in [5.41, 5.74) is 0.981. The second-order valence-corrected chi connectivity index (χ2v) is 7.69. The Kier molecular flexibility index (Phi) is 6.02. The second kappa shape index (κ2) is 7.77. The number of nitrogens with zero attached hydrogens (tertiary/aromatic N) is 1. The molecule has 0 aliphatic carbocycles. The zero-order valence-corrected chi connectivity index (χ0v) is 13.8. The Bertz CT molecular complexity index is 567. The number of para-hydroxylation sites is 1. The molecule has 2 unspecified atom stereocenters. The lowest BCUT2D eigenvalue weighted by atomic mass is 10.1. The van der Waals surface area contributed by atoms with Crippen LogP contribution >= 0.6 is 23.1 Å². The van der Waals surface area contributed by atoms with Gasteiger partial charge in [0.1, 0.15) is 0 Å². The van der Waals surface area contributed by atoms with Crippen molar-refractivity contribution in [2.24, 2.45) is 5.92 Å². The predicted octanol–water partition coefficient (Wildman–Crippen LogP) is 2.91. The molecule has 0 aliphatic heterocycles. The summed E-state index contributed by atoms with van der Waals surface area (Å²) in [5.74, 6) is 0.308. The van der Waals surface area contributed by atoms with E-state index in [1.54, 1.807) is 11.3 Å². The Morgan fingerprint density at radius 2 is 2.19 bits per heavy atom. The molecule has 0 bridgehead atoms. The van der Waals surface area contributed by atoms with Gasteiger partial charge in [0.15, 0.2) is 4.34 Å². The number of aliphatic hydroxyl groups is 1. The lowest BCUT2D eigenvalue weighted by Crippen LogP contribution is -2.34. The van der Waals surface area contributed by atoms with Crippen LogP contribution in [0.2, 0.25) is 0 Å². The zero-order chi connectivity index (χ0) is 15.2. The molecular weight excluding hydrogens is 304 g/mol. The molecule has 6 heteroatoms. The minimum Gasteiger partial charge on any atom is -0.396 e. The van der Waals surface area contributed by atoms with E-state index < -0.39 is 0 Å². The van der Waals surface area contributed by atoms with Crippen LogP contribution in [0.4, 0.5) is 0 Å². The van der Waals surface area contributed by atoms with Gasteiger partial charge in [0.05, 0.1) is 15.5 Å². The van der Waals surface area contributed by atoms with E-state index in [2.05, 4.69) is 10.3 Å². The van der Waals surface area contributed by atoms with Crippen molar-refractivity contribution in [3.63, 3.8) is 0 Å². The topological polar surface area (TPSA) is 62.2 Å². The van der Waals surface area contributed by atoms with Gasteiger partial charge in [-0.15, -0.1) is 11.3 Å². The molecule has 1 aromatic carbocycles. The SMILES string of the molecule is CC(CCO)CNC(=O)C(C)Sc1nc2ccccc2s1. The maximum Gasteiger partial charge on any atom is 0.233 e. The number of hydrogen-bond donors (Lipinski definition) is 2. The first-order valence-corrected chi connectivity index (χ1v) is 8.70. The number of carbonyl (C=O) groups excluding carboxylic acids is 1. The number of aromatic nitrogens is 1. The molecule has 0 radical (unpaired) electrons. The van der Waals surface area contributed by atoms with E-state index in [1.807, 2.05) is 38.1 Å². The molecule has 114 valence electrons. The molecule has 2 N–H and O–H groups in total. The summed E-state index contributed by atoms with van der Waals surface area (Å²) in [5, 5.41) is 11.6. The number of aliphatic hydroxyl groups excluding tert-OH is 1. The van der Waals surface area contributed by atoms with Gasteiger partial charge in [-0.05, 0) is 31.4 Å². The van der Waals surface area contributed by atoms with Crippen LogP contribution in [0.3, 0.4) is 0 Å². The molecule has 1 amide bonds. The fourth-order valence-corrected chi connectivity index (χ4v) is 4.08. The van der Waals surface area contributed by atoms with Gasteiger partial charge in [-0.2, -0.15) is 0 Å². The highest BCUT2D eigenvalue weighted by atomic mass is 32.2. The Balaban J connectivity index is 1.88. The number of thioether (sulfide) groups is 1. The van der Waals surface area contributed by atoms with E-state index in [0.717, 1.165) is 14.6 Å². The van der Waals surface area contributed by atoms with Gasteiger partial charge in [-0.3, -0.25) is 4.79 Å². The number of rotatable bonds is 7. The second-order valence-electron chi connectivity index (χ2n) is 5.07. The number of fused-ring (bicyclic) bond motifs is 1. The first-order chi connectivity index (χ1) is 10.1. The van der Waals surface area contributed by atoms with Gasteiger partial charge in [-0.25, -0.2) is 4.98 Å². The highest BCUT2D eigenvalue weighted by Gasteiger charge is 2.17. The third-order valence-electron chi connectivity index (χ3n) is 3.17. The number of nitrogens with one attached hydrogen (secondary N) is 1. The summed E-state index contributed by atoms with van der Waals surface area (Å²) in [4.78, 5) is 16.6. The van der Waals surface area contributed by atoms with Crippen molar-refractivity contribution < 1.29 is 9.90 Å². The van der Waals surface area contributed by atoms with E-state index >= 15 is 0 Å². The smallest absolute Gasteiger partial charge is 0.233 e. The fourth-order valence-electron chi connectivity index (χ4n) is 1.85. The molecule has 21 heavy (non-hydrogen) atoms. The average Bonchev–Trinajstić information content (AvgIpc) is 2.87. The number of benzene rings is 1. The Morgan fingerprint density at radius 1 is 1.43 bits per heavy atom. The summed E-state index contributed by atoms with van der Waals surface area (Å²) < 4.78 is 2.06. The number of amides is 1. The normalized spacial score (nSPS) is 14.0. The summed E-state index contributed by atoms with van der Waals surface area (Å²) in [6.45, 7) is 4.67. The maximum atomic E-state index is 12.1. The molecule has 1 aromatic heterocycles. The van der Waals surface area contributed by atoms with Crippen LogP contribution in [0.25, 0.3) is 10.2 Å². The van der Waals surface area contributed by atoms with Crippen LogP contribution < -0.4 is 5.32 Å². The standard InChI is InChI=1S/C15H20N2O2S2/c1-10(7-8-18)9-16-14(19)11(2)20-15-17-12-5-3-4-6-13(12)21-15/h3-6,10-11,18H,7-9H2,1-2H3,(H,16,19). The predicted molar refractivity (Wildman–Crippen MR) is 88.8 cm³/mol. The van der Waals surface area contributed by atoms with Crippen molar-refractivity contribution >= 4 is 39.2 Å². The van der Waals surface area contributed by atoms with Gasteiger partial charge >= 0.3 is 0 Å². The number of hydrogen-bond acceptors (Lipinski definition) is 5. The molecule has 0 spiro atoms. The summed E-state index contributed by atoms with van der Waals surface area (Å²) in [6, 6.07) is 7.98. The summed E-state index contributed by atoms with van der Waals surface area (Å²) >= 11 is 3.10. The monoisotopic (exact) mass is 324 g/mol. The Morgan fingerprint density at radius 3 is 2.90 bits per heavy atom. The lowest BCUT2D eigenvalue weighted by molar-refractivity contribution is -0.120. The van der Waals surface area contributed by atoms with Crippen LogP contribution in [0, 0.1) is 5.92 Å². The van der Waals surface area contributed by atoms with E-state index in [4.69, 9.17) is 5.11 Å². The molecule has 2 atom stereocenters. The fraction of sp³-hybridized carbons (Fsp3) is 0.467. The molecular formula is C15H20N2O2S2. The van der Waals surface area contributed by atoms with Gasteiger partial charge < -0.3 is 10.4 Å². The minimum atomic E-state index is -0.174. The van der Waals surface area contributed by atoms with E-state index in [-0.39, 0.29) is 17.8 Å². The third-order valence-corrected chi connectivity index (χ3v) is 5.40. The van der Waals surface area contributed by atoms with Crippen LogP contribution in [0.5, 0.6) is 0 Å². The third kappa shape index (κ3) is 4.69. The van der Waals surface area contributed by atoms with Crippen molar-refractivity contribution in [1.29, 1.82) is 0 Å². The summed E-state index contributed by atoms with van der Waals surface area (Å²) in [7, 11) is 0. The first kappa shape index (κ1) is 16.3. The largest absolute Gasteiger partial charge is 0.396 e. The quantitative estimate of drug-likeness (QED) is 0.769. The highest BCUT2D eigenvalue weighted by Crippen LogP contribution is 2.31. The molecule has 0 fully saturated rings. The minimum absolute atomic E-state index is 0.0176. The van der Waals surface area contributed by atoms with Gasteiger partial charge in [0.2, 0.25) is 5.91 Å². The van der Waals surface area contributed by atoms with E-state index in [1.165, 1.54) is 11.8 Å². The van der Waals surface area contributed by atoms with Crippen LogP contribution in [0.15, 0.2) is 28.6 Å². The number of carbonyl (C=O) groups is 1. The molecule has 2 aromatic rings. The molecule has 4 nitrogen and oxygen atoms in total. The van der Waals surface area contributed by atoms with E-state index in [0.29, 0.717) is 18.9 Å². The first-order valence-electron chi connectivity index (χ1n) is 7.01. The lowest BCUT2D eigenvalue weighted by Gasteiger charge is -2.14. The van der Waals surface area contributed by atoms with Gasteiger partial charge in [0, 0.05) is 13.2 Å². The molecule has 0 aliphatic rings. The van der Waals surface area contributed by atoms with Gasteiger partial charge in [0.25, 0.3) is 0 Å². The molecule has 2 rings (SSSR count). The van der Waals surface area contributed by atoms with Crippen LogP contribution in [-0.2, 0) is 4.79 Å². The molecule has 1 heterocycles.